The Morgan fingerprint density at radius 1 is 1.00 bits per heavy atom. The second-order valence-electron chi connectivity index (χ2n) is 5.63. The van der Waals surface area contributed by atoms with E-state index in [1.54, 1.807) is 43.5 Å². The van der Waals surface area contributed by atoms with Crippen molar-refractivity contribution in [1.29, 1.82) is 0 Å². The number of carbonyl (C=O) groups excluding carboxylic acids is 2. The van der Waals surface area contributed by atoms with Crippen LogP contribution >= 0.6 is 0 Å². The molecule has 1 N–H and O–H groups in total. The number of methoxy groups -OCH3 is 1. The lowest BCUT2D eigenvalue weighted by Crippen LogP contribution is -2.20. The van der Waals surface area contributed by atoms with Crippen LogP contribution in [0.2, 0.25) is 0 Å². The Balaban J connectivity index is 1.85. The molecule has 126 valence electrons. The molecule has 0 heterocycles. The number of benzene rings is 2. The highest BCUT2D eigenvalue weighted by molar-refractivity contribution is 5.95. The summed E-state index contributed by atoms with van der Waals surface area (Å²) < 4.78 is 10.1. The lowest BCUT2D eigenvalue weighted by molar-refractivity contribution is -0.119. The largest absolute Gasteiger partial charge is 0.497 e. The maximum Gasteiger partial charge on any atom is 0.338 e. The molecule has 0 saturated heterocycles. The number of anilines is 1. The zero-order chi connectivity index (χ0) is 17.5. The summed E-state index contributed by atoms with van der Waals surface area (Å²) in [6.07, 6.45) is 0. The molecule has 0 spiro atoms. The number of rotatable bonds is 6. The van der Waals surface area contributed by atoms with E-state index < -0.39 is 11.9 Å². The fourth-order valence-corrected chi connectivity index (χ4v) is 2.09. The van der Waals surface area contributed by atoms with Gasteiger partial charge in [-0.1, -0.05) is 26.0 Å². The van der Waals surface area contributed by atoms with Crippen molar-refractivity contribution >= 4 is 17.6 Å². The molecule has 0 atom stereocenters. The molecule has 0 aliphatic rings. The summed E-state index contributed by atoms with van der Waals surface area (Å²) >= 11 is 0. The predicted molar refractivity (Wildman–Crippen MR) is 92.4 cm³/mol. The quantitative estimate of drug-likeness (QED) is 0.823. The summed E-state index contributed by atoms with van der Waals surface area (Å²) in [5, 5.41) is 2.65. The van der Waals surface area contributed by atoms with Gasteiger partial charge in [0.15, 0.2) is 6.61 Å². The van der Waals surface area contributed by atoms with Gasteiger partial charge in [0.2, 0.25) is 0 Å². The van der Waals surface area contributed by atoms with E-state index in [9.17, 15) is 9.59 Å². The number of nitrogens with one attached hydrogen (secondary N) is 1. The first kappa shape index (κ1) is 17.5. The van der Waals surface area contributed by atoms with E-state index in [0.717, 1.165) is 5.56 Å². The molecule has 5 heteroatoms. The van der Waals surface area contributed by atoms with Gasteiger partial charge in [0, 0.05) is 5.69 Å². The van der Waals surface area contributed by atoms with Crippen molar-refractivity contribution in [1.82, 2.24) is 0 Å². The van der Waals surface area contributed by atoms with Crippen molar-refractivity contribution in [3.8, 4) is 5.75 Å². The van der Waals surface area contributed by atoms with Crippen molar-refractivity contribution in [2.24, 2.45) is 0 Å². The smallest absolute Gasteiger partial charge is 0.338 e. The summed E-state index contributed by atoms with van der Waals surface area (Å²) in [5.41, 5.74) is 2.18. The topological polar surface area (TPSA) is 64.6 Å². The zero-order valence-corrected chi connectivity index (χ0v) is 14.0. The lowest BCUT2D eigenvalue weighted by Gasteiger charge is -2.08. The summed E-state index contributed by atoms with van der Waals surface area (Å²) in [5.74, 6) is 0.178. The average molecular weight is 327 g/mol. The molecule has 2 aromatic carbocycles. The summed E-state index contributed by atoms with van der Waals surface area (Å²) in [6, 6.07) is 14.1. The number of hydrogen-bond acceptors (Lipinski definition) is 4. The summed E-state index contributed by atoms with van der Waals surface area (Å²) in [7, 11) is 1.57. The van der Waals surface area contributed by atoms with E-state index in [2.05, 4.69) is 19.2 Å². The molecule has 0 saturated carbocycles. The van der Waals surface area contributed by atoms with Crippen LogP contribution in [0.15, 0.2) is 48.5 Å². The van der Waals surface area contributed by atoms with Gasteiger partial charge < -0.3 is 14.8 Å². The van der Waals surface area contributed by atoms with Crippen molar-refractivity contribution in [2.75, 3.05) is 19.0 Å². The first-order valence-corrected chi connectivity index (χ1v) is 7.70. The number of hydrogen-bond donors (Lipinski definition) is 1. The van der Waals surface area contributed by atoms with Crippen LogP contribution in [-0.4, -0.2) is 25.6 Å². The molecule has 0 radical (unpaired) electrons. The molecule has 1 amide bonds. The lowest BCUT2D eigenvalue weighted by atomic mass is 10.0. The Bertz CT molecular complexity index is 690. The molecule has 2 rings (SSSR count). The van der Waals surface area contributed by atoms with Crippen LogP contribution in [0.4, 0.5) is 5.69 Å². The molecular formula is C19H21NO4. The molecule has 0 aliphatic carbocycles. The van der Waals surface area contributed by atoms with Gasteiger partial charge in [-0.3, -0.25) is 4.79 Å². The minimum atomic E-state index is -0.518. The highest BCUT2D eigenvalue weighted by Gasteiger charge is 2.11. The maximum absolute atomic E-state index is 11.9. The second kappa shape index (κ2) is 8.15. The van der Waals surface area contributed by atoms with E-state index in [0.29, 0.717) is 22.9 Å². The van der Waals surface area contributed by atoms with Crippen LogP contribution in [0.25, 0.3) is 0 Å². The number of ether oxygens (including phenoxy) is 2. The van der Waals surface area contributed by atoms with Crippen LogP contribution < -0.4 is 10.1 Å². The molecule has 2 aromatic rings. The first-order chi connectivity index (χ1) is 11.5. The van der Waals surface area contributed by atoms with E-state index >= 15 is 0 Å². The van der Waals surface area contributed by atoms with E-state index in [1.165, 1.54) is 0 Å². The zero-order valence-electron chi connectivity index (χ0n) is 14.0. The molecule has 5 nitrogen and oxygen atoms in total. The van der Waals surface area contributed by atoms with Gasteiger partial charge >= 0.3 is 5.97 Å². The van der Waals surface area contributed by atoms with Crippen molar-refractivity contribution in [3.63, 3.8) is 0 Å². The molecule has 24 heavy (non-hydrogen) atoms. The molecule has 0 bridgehead atoms. The van der Waals surface area contributed by atoms with Crippen LogP contribution in [-0.2, 0) is 9.53 Å². The van der Waals surface area contributed by atoms with Crippen LogP contribution in [0.1, 0.15) is 35.7 Å². The molecule has 0 fully saturated rings. The van der Waals surface area contributed by atoms with Crippen molar-refractivity contribution < 1.29 is 19.1 Å². The first-order valence-electron chi connectivity index (χ1n) is 7.70. The Kier molecular flexibility index (Phi) is 5.95. The Hall–Kier alpha value is -2.82. The predicted octanol–water partition coefficient (Wildman–Crippen LogP) is 3.61. The van der Waals surface area contributed by atoms with Crippen LogP contribution in [0.3, 0.4) is 0 Å². The summed E-state index contributed by atoms with van der Waals surface area (Å²) in [4.78, 5) is 23.8. The van der Waals surface area contributed by atoms with Gasteiger partial charge in [-0.2, -0.15) is 0 Å². The fraction of sp³-hybridized carbons (Fsp3) is 0.263. The van der Waals surface area contributed by atoms with E-state index in [1.807, 2.05) is 12.1 Å². The van der Waals surface area contributed by atoms with Gasteiger partial charge in [-0.05, 0) is 47.9 Å². The molecular weight excluding hydrogens is 306 g/mol. The van der Waals surface area contributed by atoms with Crippen LogP contribution in [0, 0.1) is 0 Å². The highest BCUT2D eigenvalue weighted by atomic mass is 16.5. The second-order valence-corrected chi connectivity index (χ2v) is 5.63. The summed E-state index contributed by atoms with van der Waals surface area (Å²) in [6.45, 7) is 3.82. The van der Waals surface area contributed by atoms with Crippen LogP contribution in [0.5, 0.6) is 5.75 Å². The number of carbonyl (C=O) groups is 2. The molecule has 0 aromatic heterocycles. The number of amides is 1. The standard InChI is InChI=1S/C19H21NO4/c1-13(2)14-4-6-15(7-5-14)19(22)24-12-18(21)20-16-8-10-17(23-3)11-9-16/h4-11,13H,12H2,1-3H3,(H,20,21). The Morgan fingerprint density at radius 2 is 1.62 bits per heavy atom. The van der Waals surface area contributed by atoms with Gasteiger partial charge in [-0.15, -0.1) is 0 Å². The third kappa shape index (κ3) is 4.84. The maximum atomic E-state index is 11.9. The third-order valence-electron chi connectivity index (χ3n) is 3.52. The Morgan fingerprint density at radius 3 is 2.17 bits per heavy atom. The van der Waals surface area contributed by atoms with Crippen molar-refractivity contribution in [3.05, 3.63) is 59.7 Å². The highest BCUT2D eigenvalue weighted by Crippen LogP contribution is 2.16. The van der Waals surface area contributed by atoms with Gasteiger partial charge in [-0.25, -0.2) is 4.79 Å². The monoisotopic (exact) mass is 327 g/mol. The fourth-order valence-electron chi connectivity index (χ4n) is 2.09. The third-order valence-corrected chi connectivity index (χ3v) is 3.52. The van der Waals surface area contributed by atoms with E-state index in [4.69, 9.17) is 9.47 Å². The SMILES string of the molecule is COc1ccc(NC(=O)COC(=O)c2ccc(C(C)C)cc2)cc1. The van der Waals surface area contributed by atoms with E-state index in [-0.39, 0.29) is 6.61 Å². The van der Waals surface area contributed by atoms with Gasteiger partial charge in [0.1, 0.15) is 5.75 Å². The normalized spacial score (nSPS) is 10.3. The van der Waals surface area contributed by atoms with Gasteiger partial charge in [0.05, 0.1) is 12.7 Å². The number of esters is 1. The van der Waals surface area contributed by atoms with Gasteiger partial charge in [0.25, 0.3) is 5.91 Å². The minimum Gasteiger partial charge on any atom is -0.497 e. The molecule has 0 unspecified atom stereocenters. The average Bonchev–Trinajstić information content (AvgIpc) is 2.60. The Labute approximate surface area is 141 Å². The minimum absolute atomic E-state index is 0.337. The van der Waals surface area contributed by atoms with Crippen molar-refractivity contribution in [2.45, 2.75) is 19.8 Å². The molecule has 0 aliphatic heterocycles.